The molecule has 1 heterocycles. The molecule has 0 fully saturated rings. The molecule has 2 nitrogen and oxygen atoms in total. The zero-order valence-electron chi connectivity index (χ0n) is 7.50. The molecule has 1 unspecified atom stereocenters. The van der Waals surface area contributed by atoms with Crippen molar-refractivity contribution >= 4 is 0 Å². The van der Waals surface area contributed by atoms with Crippen molar-refractivity contribution in [3.63, 3.8) is 0 Å². The van der Waals surface area contributed by atoms with E-state index in [-0.39, 0.29) is 12.2 Å². The Morgan fingerprint density at radius 2 is 2.21 bits per heavy atom. The smallest absolute Gasteiger partial charge is 0.254 e. The van der Waals surface area contributed by atoms with Gasteiger partial charge in [-0.1, -0.05) is 12.1 Å². The van der Waals surface area contributed by atoms with E-state index in [9.17, 15) is 13.9 Å². The van der Waals surface area contributed by atoms with Gasteiger partial charge in [0.15, 0.2) is 0 Å². The minimum atomic E-state index is -2.39. The van der Waals surface area contributed by atoms with Crippen molar-refractivity contribution in [2.45, 2.75) is 25.4 Å². The normalized spacial score (nSPS) is 20.9. The molecule has 14 heavy (non-hydrogen) atoms. The Morgan fingerprint density at radius 1 is 1.43 bits per heavy atom. The molecule has 2 rings (SSSR count). The van der Waals surface area contributed by atoms with Gasteiger partial charge in [0.2, 0.25) is 0 Å². The lowest BCUT2D eigenvalue weighted by Gasteiger charge is -2.25. The topological polar surface area (TPSA) is 32.3 Å². The number of nitrogens with one attached hydrogen (secondary N) is 1. The number of fused-ring (bicyclic) bond motifs is 1. The van der Waals surface area contributed by atoms with Gasteiger partial charge in [-0.05, 0) is 18.1 Å². The molecule has 0 amide bonds. The van der Waals surface area contributed by atoms with Crippen molar-refractivity contribution in [3.8, 4) is 5.75 Å². The van der Waals surface area contributed by atoms with Gasteiger partial charge in [0.1, 0.15) is 5.75 Å². The quantitative estimate of drug-likeness (QED) is 0.721. The van der Waals surface area contributed by atoms with E-state index in [0.29, 0.717) is 12.1 Å². The van der Waals surface area contributed by atoms with Crippen LogP contribution in [-0.2, 0) is 13.0 Å². The van der Waals surface area contributed by atoms with Crippen LogP contribution in [0.4, 0.5) is 8.78 Å². The Bertz CT molecular complexity index is 341. The highest BCUT2D eigenvalue weighted by Crippen LogP contribution is 2.27. The molecule has 0 aliphatic carbocycles. The highest BCUT2D eigenvalue weighted by molar-refractivity contribution is 5.41. The van der Waals surface area contributed by atoms with E-state index in [0.717, 1.165) is 5.56 Å². The molecule has 4 heteroatoms. The molecule has 1 aromatic carbocycles. The van der Waals surface area contributed by atoms with Crippen molar-refractivity contribution in [1.29, 1.82) is 0 Å². The molecule has 0 bridgehead atoms. The predicted octanol–water partition coefficient (Wildman–Crippen LogP) is 1.67. The fraction of sp³-hybridized carbons (Fsp3) is 0.400. The molecule has 0 aromatic heterocycles. The summed E-state index contributed by atoms with van der Waals surface area (Å²) >= 11 is 0. The summed E-state index contributed by atoms with van der Waals surface area (Å²) in [5.41, 5.74) is 1.55. The molecule has 2 N–H and O–H groups in total. The molecule has 0 saturated heterocycles. The fourth-order valence-corrected chi connectivity index (χ4v) is 1.73. The van der Waals surface area contributed by atoms with E-state index >= 15 is 0 Å². The summed E-state index contributed by atoms with van der Waals surface area (Å²) in [7, 11) is 0. The molecular weight excluding hydrogens is 188 g/mol. The molecule has 1 aliphatic rings. The zero-order valence-corrected chi connectivity index (χ0v) is 7.50. The summed E-state index contributed by atoms with van der Waals surface area (Å²) in [5, 5.41) is 12.2. The van der Waals surface area contributed by atoms with Crippen LogP contribution in [-0.4, -0.2) is 17.6 Å². The molecule has 0 radical (unpaired) electrons. The summed E-state index contributed by atoms with van der Waals surface area (Å²) in [6.07, 6.45) is -2.19. The van der Waals surface area contributed by atoms with Crippen molar-refractivity contribution in [3.05, 3.63) is 29.3 Å². The summed E-state index contributed by atoms with van der Waals surface area (Å²) in [5.74, 6) is 0.120. The number of alkyl halides is 2. The summed E-state index contributed by atoms with van der Waals surface area (Å²) in [4.78, 5) is 0. The van der Waals surface area contributed by atoms with Gasteiger partial charge >= 0.3 is 0 Å². The molecule has 0 saturated carbocycles. The van der Waals surface area contributed by atoms with Crippen LogP contribution in [0.15, 0.2) is 18.2 Å². The van der Waals surface area contributed by atoms with E-state index < -0.39 is 12.5 Å². The molecule has 1 aromatic rings. The first-order valence-electron chi connectivity index (χ1n) is 4.49. The third kappa shape index (κ3) is 1.57. The lowest BCUT2D eigenvalue weighted by molar-refractivity contribution is 0.0938. The van der Waals surface area contributed by atoms with Crippen LogP contribution >= 0.6 is 0 Å². The van der Waals surface area contributed by atoms with E-state index in [4.69, 9.17) is 0 Å². The highest BCUT2D eigenvalue weighted by atomic mass is 19.3. The zero-order chi connectivity index (χ0) is 10.1. The molecular formula is C10H11F2NO. The van der Waals surface area contributed by atoms with Crippen LogP contribution in [0.5, 0.6) is 5.75 Å². The number of phenols is 1. The number of hydrogen-bond donors (Lipinski definition) is 2. The maximum absolute atomic E-state index is 12.4. The summed E-state index contributed by atoms with van der Waals surface area (Å²) < 4.78 is 24.8. The van der Waals surface area contributed by atoms with Crippen LogP contribution in [0.2, 0.25) is 0 Å². The first kappa shape index (κ1) is 9.40. The van der Waals surface area contributed by atoms with Crippen LogP contribution < -0.4 is 5.32 Å². The fourth-order valence-electron chi connectivity index (χ4n) is 1.73. The van der Waals surface area contributed by atoms with Gasteiger partial charge in [0, 0.05) is 12.1 Å². The average Bonchev–Trinajstić information content (AvgIpc) is 2.18. The Balaban J connectivity index is 2.29. The maximum atomic E-state index is 12.4. The van der Waals surface area contributed by atoms with Crippen molar-refractivity contribution in [2.24, 2.45) is 0 Å². The Labute approximate surface area is 80.6 Å². The van der Waals surface area contributed by atoms with Crippen molar-refractivity contribution < 1.29 is 13.9 Å². The number of hydrogen-bond acceptors (Lipinski definition) is 2. The first-order chi connectivity index (χ1) is 6.68. The van der Waals surface area contributed by atoms with Crippen molar-refractivity contribution in [1.82, 2.24) is 5.32 Å². The lowest BCUT2D eigenvalue weighted by Crippen LogP contribution is -2.40. The van der Waals surface area contributed by atoms with Crippen LogP contribution in [0.3, 0.4) is 0 Å². The lowest BCUT2D eigenvalue weighted by atomic mass is 9.95. The second-order valence-electron chi connectivity index (χ2n) is 3.44. The minimum absolute atomic E-state index is 0.120. The van der Waals surface area contributed by atoms with Crippen LogP contribution in [0.25, 0.3) is 0 Å². The third-order valence-electron chi connectivity index (χ3n) is 2.53. The van der Waals surface area contributed by atoms with Gasteiger partial charge in [-0.25, -0.2) is 8.78 Å². The summed E-state index contributed by atoms with van der Waals surface area (Å²) in [6, 6.07) is 4.26. The number of phenolic OH excluding ortho intramolecular Hbond substituents is 1. The number of aromatic hydroxyl groups is 1. The average molecular weight is 199 g/mol. The van der Waals surface area contributed by atoms with E-state index in [1.54, 1.807) is 6.07 Å². The van der Waals surface area contributed by atoms with E-state index in [2.05, 4.69) is 5.32 Å². The van der Waals surface area contributed by atoms with Crippen molar-refractivity contribution in [2.75, 3.05) is 0 Å². The first-order valence-corrected chi connectivity index (χ1v) is 4.49. The second kappa shape index (κ2) is 3.53. The molecule has 1 atom stereocenters. The molecule has 0 spiro atoms. The van der Waals surface area contributed by atoms with Crippen LogP contribution in [0, 0.1) is 0 Å². The van der Waals surface area contributed by atoms with Gasteiger partial charge in [0.25, 0.3) is 6.43 Å². The molecule has 1 aliphatic heterocycles. The second-order valence-corrected chi connectivity index (χ2v) is 3.44. The number of benzene rings is 1. The summed E-state index contributed by atoms with van der Waals surface area (Å²) in [6.45, 7) is 0.402. The largest absolute Gasteiger partial charge is 0.508 e. The maximum Gasteiger partial charge on any atom is 0.254 e. The van der Waals surface area contributed by atoms with Gasteiger partial charge in [0.05, 0.1) is 6.04 Å². The number of halogens is 2. The minimum Gasteiger partial charge on any atom is -0.508 e. The molecule has 76 valence electrons. The van der Waals surface area contributed by atoms with Gasteiger partial charge < -0.3 is 10.4 Å². The monoisotopic (exact) mass is 199 g/mol. The SMILES string of the molecule is Oc1cccc2c1CC(C(F)F)NC2. The van der Waals surface area contributed by atoms with Gasteiger partial charge in [-0.15, -0.1) is 0 Å². The van der Waals surface area contributed by atoms with Gasteiger partial charge in [-0.2, -0.15) is 0 Å². The highest BCUT2D eigenvalue weighted by Gasteiger charge is 2.26. The number of rotatable bonds is 1. The van der Waals surface area contributed by atoms with E-state index in [1.165, 1.54) is 6.07 Å². The standard InChI is InChI=1S/C10H11F2NO/c11-10(12)8-4-7-6(5-13-8)2-1-3-9(7)14/h1-3,8,10,13-14H,4-5H2. The Morgan fingerprint density at radius 3 is 2.93 bits per heavy atom. The van der Waals surface area contributed by atoms with Crippen LogP contribution in [0.1, 0.15) is 11.1 Å². The Kier molecular flexibility index (Phi) is 2.37. The Hall–Kier alpha value is -1.16. The predicted molar refractivity (Wildman–Crippen MR) is 48.4 cm³/mol. The van der Waals surface area contributed by atoms with E-state index in [1.807, 2.05) is 6.07 Å². The van der Waals surface area contributed by atoms with Gasteiger partial charge in [-0.3, -0.25) is 0 Å². The third-order valence-corrected chi connectivity index (χ3v) is 2.53.